The Labute approximate surface area is 101 Å². The molecule has 0 saturated carbocycles. The number of benzene rings is 1. The molecule has 0 fully saturated rings. The molecule has 0 spiro atoms. The zero-order valence-electron chi connectivity index (χ0n) is 9.21. The van der Waals surface area contributed by atoms with Gasteiger partial charge in [0.15, 0.2) is 0 Å². The van der Waals surface area contributed by atoms with E-state index >= 15 is 0 Å². The lowest BCUT2D eigenvalue weighted by atomic mass is 10.2. The second-order valence-electron chi connectivity index (χ2n) is 3.85. The van der Waals surface area contributed by atoms with E-state index in [0.29, 0.717) is 12.2 Å². The van der Waals surface area contributed by atoms with Crippen LogP contribution in [0.25, 0.3) is 0 Å². The van der Waals surface area contributed by atoms with Crippen LogP contribution < -0.4 is 10.5 Å². The monoisotopic (exact) mass is 250 g/mol. The van der Waals surface area contributed by atoms with Gasteiger partial charge in [-0.1, -0.05) is 24.3 Å². The molecule has 4 nitrogen and oxygen atoms in total. The highest BCUT2D eigenvalue weighted by Gasteiger charge is 2.15. The highest BCUT2D eigenvalue weighted by atomic mass is 32.2. The minimum atomic E-state index is -3.44. The number of allylic oxidation sites excluding steroid dienone is 2. The maximum Gasteiger partial charge on any atom is 0.240 e. The summed E-state index contributed by atoms with van der Waals surface area (Å²) >= 11 is 0. The Bertz CT molecular complexity index is 532. The minimum Gasteiger partial charge on any atom is -0.399 e. The van der Waals surface area contributed by atoms with E-state index < -0.39 is 10.0 Å². The molecular weight excluding hydrogens is 236 g/mol. The zero-order valence-corrected chi connectivity index (χ0v) is 10.0. The fourth-order valence-electron chi connectivity index (χ4n) is 1.55. The van der Waals surface area contributed by atoms with Crippen molar-refractivity contribution >= 4 is 15.7 Å². The Morgan fingerprint density at radius 3 is 2.29 bits per heavy atom. The molecule has 0 heterocycles. The van der Waals surface area contributed by atoms with Gasteiger partial charge >= 0.3 is 0 Å². The summed E-state index contributed by atoms with van der Waals surface area (Å²) in [4.78, 5) is 0.234. The van der Waals surface area contributed by atoms with Gasteiger partial charge in [-0.3, -0.25) is 0 Å². The second kappa shape index (κ2) is 4.73. The van der Waals surface area contributed by atoms with Crippen molar-refractivity contribution in [3.05, 3.63) is 48.6 Å². The maximum atomic E-state index is 11.9. The molecule has 5 heteroatoms. The molecule has 0 saturated heterocycles. The third-order valence-electron chi connectivity index (χ3n) is 2.53. The standard InChI is InChI=1S/C12H14N2O2S/c13-11-5-7-12(8-6-11)17(15,16)14-9-10-3-1-2-4-10/h1-8,10,14H,9,13H2. The highest BCUT2D eigenvalue weighted by Crippen LogP contribution is 2.13. The molecule has 17 heavy (non-hydrogen) atoms. The molecule has 1 aliphatic rings. The van der Waals surface area contributed by atoms with Gasteiger partial charge in [-0.05, 0) is 24.3 Å². The smallest absolute Gasteiger partial charge is 0.240 e. The van der Waals surface area contributed by atoms with Crippen molar-refractivity contribution in [3.63, 3.8) is 0 Å². The third-order valence-corrected chi connectivity index (χ3v) is 3.97. The minimum absolute atomic E-state index is 0.138. The Balaban J connectivity index is 2.05. The molecule has 0 atom stereocenters. The van der Waals surface area contributed by atoms with Crippen LogP contribution in [-0.4, -0.2) is 15.0 Å². The van der Waals surface area contributed by atoms with Crippen LogP contribution in [0.1, 0.15) is 0 Å². The predicted molar refractivity (Wildman–Crippen MR) is 67.8 cm³/mol. The van der Waals surface area contributed by atoms with Crippen LogP contribution in [0.2, 0.25) is 0 Å². The molecule has 0 aliphatic heterocycles. The van der Waals surface area contributed by atoms with Gasteiger partial charge in [0, 0.05) is 18.2 Å². The summed E-state index contributed by atoms with van der Waals surface area (Å²) in [7, 11) is -3.44. The summed E-state index contributed by atoms with van der Waals surface area (Å²) in [5, 5.41) is 0. The van der Waals surface area contributed by atoms with Crippen molar-refractivity contribution in [2.24, 2.45) is 5.92 Å². The topological polar surface area (TPSA) is 72.2 Å². The molecule has 0 radical (unpaired) electrons. The van der Waals surface area contributed by atoms with Gasteiger partial charge in [0.25, 0.3) is 0 Å². The first-order chi connectivity index (χ1) is 8.08. The lowest BCUT2D eigenvalue weighted by Gasteiger charge is -2.09. The Hall–Kier alpha value is -1.59. The quantitative estimate of drug-likeness (QED) is 0.791. The first kappa shape index (κ1) is 11.9. The van der Waals surface area contributed by atoms with E-state index in [-0.39, 0.29) is 10.8 Å². The molecule has 1 aromatic carbocycles. The van der Waals surface area contributed by atoms with Crippen LogP contribution in [0, 0.1) is 5.92 Å². The van der Waals surface area contributed by atoms with Crippen molar-refractivity contribution in [2.75, 3.05) is 12.3 Å². The average Bonchev–Trinajstić information content (AvgIpc) is 2.80. The first-order valence-electron chi connectivity index (χ1n) is 5.28. The van der Waals surface area contributed by atoms with E-state index in [9.17, 15) is 8.42 Å². The fourth-order valence-corrected chi connectivity index (χ4v) is 2.62. The summed E-state index contributed by atoms with van der Waals surface area (Å²) in [5.41, 5.74) is 6.06. The lowest BCUT2D eigenvalue weighted by molar-refractivity contribution is 0.577. The molecule has 1 aromatic rings. The lowest BCUT2D eigenvalue weighted by Crippen LogP contribution is -2.27. The molecule has 0 amide bonds. The summed E-state index contributed by atoms with van der Waals surface area (Å²) < 4.78 is 26.4. The Morgan fingerprint density at radius 1 is 1.12 bits per heavy atom. The van der Waals surface area contributed by atoms with Gasteiger partial charge in [0.1, 0.15) is 0 Å². The van der Waals surface area contributed by atoms with Gasteiger partial charge in [0.2, 0.25) is 10.0 Å². The molecule has 0 bridgehead atoms. The molecule has 3 N–H and O–H groups in total. The highest BCUT2D eigenvalue weighted by molar-refractivity contribution is 7.89. The SMILES string of the molecule is Nc1ccc(S(=O)(=O)NCC2C=CC=C2)cc1. The number of nitrogens with one attached hydrogen (secondary N) is 1. The summed E-state index contributed by atoms with van der Waals surface area (Å²) in [6, 6.07) is 6.14. The number of anilines is 1. The normalized spacial score (nSPS) is 15.5. The largest absolute Gasteiger partial charge is 0.399 e. The average molecular weight is 250 g/mol. The number of rotatable bonds is 4. The number of sulfonamides is 1. The van der Waals surface area contributed by atoms with Crippen molar-refractivity contribution in [1.82, 2.24) is 4.72 Å². The number of nitrogen functional groups attached to an aromatic ring is 1. The van der Waals surface area contributed by atoms with Crippen LogP contribution in [-0.2, 0) is 10.0 Å². The molecule has 1 aliphatic carbocycles. The van der Waals surface area contributed by atoms with Crippen molar-refractivity contribution < 1.29 is 8.42 Å². The van der Waals surface area contributed by atoms with Gasteiger partial charge in [-0.25, -0.2) is 13.1 Å². The van der Waals surface area contributed by atoms with E-state index in [1.165, 1.54) is 12.1 Å². The van der Waals surface area contributed by atoms with Crippen LogP contribution >= 0.6 is 0 Å². The maximum absolute atomic E-state index is 11.9. The van der Waals surface area contributed by atoms with Crippen LogP contribution in [0.15, 0.2) is 53.5 Å². The third kappa shape index (κ3) is 2.95. The van der Waals surface area contributed by atoms with Gasteiger partial charge in [-0.15, -0.1) is 0 Å². The Morgan fingerprint density at radius 2 is 1.71 bits per heavy atom. The summed E-state index contributed by atoms with van der Waals surface area (Å²) in [6.45, 7) is 0.375. The van der Waals surface area contributed by atoms with Gasteiger partial charge in [0.05, 0.1) is 4.90 Å². The molecule has 0 unspecified atom stereocenters. The van der Waals surface area contributed by atoms with Gasteiger partial charge in [-0.2, -0.15) is 0 Å². The first-order valence-corrected chi connectivity index (χ1v) is 6.76. The zero-order chi connectivity index (χ0) is 12.3. The Kier molecular flexibility index (Phi) is 3.31. The van der Waals surface area contributed by atoms with Gasteiger partial charge < -0.3 is 5.73 Å². The van der Waals surface area contributed by atoms with Crippen LogP contribution in [0.5, 0.6) is 0 Å². The molecule has 2 rings (SSSR count). The number of hydrogen-bond donors (Lipinski definition) is 2. The van der Waals surface area contributed by atoms with Crippen molar-refractivity contribution in [1.29, 1.82) is 0 Å². The van der Waals surface area contributed by atoms with Crippen LogP contribution in [0.3, 0.4) is 0 Å². The van der Waals surface area contributed by atoms with E-state index in [2.05, 4.69) is 4.72 Å². The second-order valence-corrected chi connectivity index (χ2v) is 5.62. The molecule has 90 valence electrons. The molecular formula is C12H14N2O2S. The number of hydrogen-bond acceptors (Lipinski definition) is 3. The van der Waals surface area contributed by atoms with E-state index in [1.54, 1.807) is 12.1 Å². The fraction of sp³-hybridized carbons (Fsp3) is 0.167. The van der Waals surface area contributed by atoms with Crippen LogP contribution in [0.4, 0.5) is 5.69 Å². The number of nitrogens with two attached hydrogens (primary N) is 1. The molecule has 0 aromatic heterocycles. The van der Waals surface area contributed by atoms with E-state index in [0.717, 1.165) is 0 Å². The van der Waals surface area contributed by atoms with Crippen molar-refractivity contribution in [3.8, 4) is 0 Å². The summed E-state index contributed by atoms with van der Waals surface area (Å²) in [6.07, 6.45) is 7.71. The summed E-state index contributed by atoms with van der Waals surface area (Å²) in [5.74, 6) is 0.138. The van der Waals surface area contributed by atoms with E-state index in [4.69, 9.17) is 5.73 Å². The van der Waals surface area contributed by atoms with Crippen molar-refractivity contribution in [2.45, 2.75) is 4.90 Å². The predicted octanol–water partition coefficient (Wildman–Crippen LogP) is 1.29. The van der Waals surface area contributed by atoms with E-state index in [1.807, 2.05) is 24.3 Å².